The average Bonchev–Trinajstić information content (AvgIpc) is 2.96. The molecule has 2 fully saturated rings. The van der Waals surface area contributed by atoms with Crippen LogP contribution in [0, 0.1) is 5.41 Å². The van der Waals surface area contributed by atoms with E-state index in [9.17, 15) is 0 Å². The predicted octanol–water partition coefficient (Wildman–Crippen LogP) is 2.71. The lowest BCUT2D eigenvalue weighted by atomic mass is 10.0. The van der Waals surface area contributed by atoms with Crippen molar-refractivity contribution in [3.05, 3.63) is 12.3 Å². The Bertz CT molecular complexity index is 278. The molecule has 0 N–H and O–H groups in total. The first kappa shape index (κ1) is 12.0. The van der Waals surface area contributed by atoms with Gasteiger partial charge in [-0.1, -0.05) is 13.5 Å². The zero-order chi connectivity index (χ0) is 11.9. The molecule has 0 radical (unpaired) electrons. The highest BCUT2D eigenvalue weighted by Crippen LogP contribution is 2.52. The third-order valence-electron chi connectivity index (χ3n) is 4.43. The van der Waals surface area contributed by atoms with E-state index < -0.39 is 0 Å². The lowest BCUT2D eigenvalue weighted by Crippen LogP contribution is -2.53. The molecule has 1 aliphatic carbocycles. The fourth-order valence-corrected chi connectivity index (χ4v) is 2.68. The van der Waals surface area contributed by atoms with Crippen LogP contribution in [0.15, 0.2) is 12.3 Å². The van der Waals surface area contributed by atoms with E-state index in [1.165, 1.54) is 31.6 Å². The summed E-state index contributed by atoms with van der Waals surface area (Å²) in [5.41, 5.74) is 1.83. The van der Waals surface area contributed by atoms with E-state index in [1.807, 2.05) is 0 Å². The third-order valence-corrected chi connectivity index (χ3v) is 4.43. The molecule has 2 aliphatic rings. The molecule has 0 amide bonds. The highest BCUT2D eigenvalue weighted by atomic mass is 15.3. The molecule has 16 heavy (non-hydrogen) atoms. The molecule has 0 bridgehead atoms. The van der Waals surface area contributed by atoms with Crippen LogP contribution in [0.4, 0.5) is 0 Å². The zero-order valence-corrected chi connectivity index (χ0v) is 11.3. The Labute approximate surface area is 100 Å². The van der Waals surface area contributed by atoms with Crippen molar-refractivity contribution >= 4 is 0 Å². The van der Waals surface area contributed by atoms with Crippen molar-refractivity contribution in [1.82, 2.24) is 9.80 Å². The van der Waals surface area contributed by atoms with Gasteiger partial charge in [-0.3, -0.25) is 4.90 Å². The van der Waals surface area contributed by atoms with Crippen molar-refractivity contribution in [2.45, 2.75) is 52.6 Å². The number of hydrogen-bond acceptors (Lipinski definition) is 2. The van der Waals surface area contributed by atoms with E-state index in [0.717, 1.165) is 6.54 Å². The SMILES string of the molecule is C=C(N1CCN(C(C)C)C[C@H]1C)C1(C)CC1. The van der Waals surface area contributed by atoms with Gasteiger partial charge in [0.05, 0.1) is 0 Å². The van der Waals surface area contributed by atoms with Gasteiger partial charge < -0.3 is 4.90 Å². The van der Waals surface area contributed by atoms with E-state index in [4.69, 9.17) is 0 Å². The van der Waals surface area contributed by atoms with Crippen molar-refractivity contribution in [2.75, 3.05) is 19.6 Å². The Balaban J connectivity index is 1.96. The maximum absolute atomic E-state index is 4.34. The van der Waals surface area contributed by atoms with Gasteiger partial charge in [0.15, 0.2) is 0 Å². The second-order valence-electron chi connectivity index (χ2n) is 6.14. The quantitative estimate of drug-likeness (QED) is 0.724. The van der Waals surface area contributed by atoms with Gasteiger partial charge in [0.25, 0.3) is 0 Å². The number of allylic oxidation sites excluding steroid dienone is 1. The molecule has 0 aromatic rings. The van der Waals surface area contributed by atoms with E-state index in [1.54, 1.807) is 0 Å². The third kappa shape index (κ3) is 2.13. The molecule has 2 nitrogen and oxygen atoms in total. The van der Waals surface area contributed by atoms with Crippen LogP contribution in [0.2, 0.25) is 0 Å². The maximum Gasteiger partial charge on any atom is 0.0386 e. The molecule has 2 heteroatoms. The minimum atomic E-state index is 0.439. The Morgan fingerprint density at radius 2 is 1.94 bits per heavy atom. The van der Waals surface area contributed by atoms with Crippen LogP contribution < -0.4 is 0 Å². The van der Waals surface area contributed by atoms with Crippen molar-refractivity contribution in [3.8, 4) is 0 Å². The number of nitrogens with zero attached hydrogens (tertiary/aromatic N) is 2. The molecule has 0 aromatic carbocycles. The monoisotopic (exact) mass is 222 g/mol. The summed E-state index contributed by atoms with van der Waals surface area (Å²) in [6.45, 7) is 17.2. The van der Waals surface area contributed by atoms with Gasteiger partial charge in [0.2, 0.25) is 0 Å². The normalized spacial score (nSPS) is 29.6. The van der Waals surface area contributed by atoms with Gasteiger partial charge in [0.1, 0.15) is 0 Å². The molecule has 1 aliphatic heterocycles. The predicted molar refractivity (Wildman–Crippen MR) is 69.4 cm³/mol. The second-order valence-corrected chi connectivity index (χ2v) is 6.14. The highest BCUT2D eigenvalue weighted by Gasteiger charge is 2.43. The van der Waals surface area contributed by atoms with Crippen molar-refractivity contribution < 1.29 is 0 Å². The van der Waals surface area contributed by atoms with E-state index in [2.05, 4.69) is 44.1 Å². The Morgan fingerprint density at radius 1 is 1.31 bits per heavy atom. The summed E-state index contributed by atoms with van der Waals surface area (Å²) >= 11 is 0. The van der Waals surface area contributed by atoms with Crippen LogP contribution in [0.5, 0.6) is 0 Å². The molecule has 1 heterocycles. The number of hydrogen-bond donors (Lipinski definition) is 0. The van der Waals surface area contributed by atoms with Crippen LogP contribution in [-0.4, -0.2) is 41.5 Å². The summed E-state index contributed by atoms with van der Waals surface area (Å²) in [7, 11) is 0. The summed E-state index contributed by atoms with van der Waals surface area (Å²) in [4.78, 5) is 5.12. The topological polar surface area (TPSA) is 6.48 Å². The summed E-state index contributed by atoms with van der Waals surface area (Å²) in [6.07, 6.45) is 2.67. The minimum Gasteiger partial charge on any atom is -0.370 e. The summed E-state index contributed by atoms with van der Waals surface area (Å²) in [6, 6.07) is 1.30. The first-order chi connectivity index (χ1) is 7.44. The van der Waals surface area contributed by atoms with Crippen LogP contribution in [0.25, 0.3) is 0 Å². The van der Waals surface area contributed by atoms with Gasteiger partial charge in [-0.25, -0.2) is 0 Å². The zero-order valence-electron chi connectivity index (χ0n) is 11.3. The molecular weight excluding hydrogens is 196 g/mol. The smallest absolute Gasteiger partial charge is 0.0386 e. The van der Waals surface area contributed by atoms with Crippen LogP contribution in [-0.2, 0) is 0 Å². The molecule has 1 saturated carbocycles. The van der Waals surface area contributed by atoms with Gasteiger partial charge >= 0.3 is 0 Å². The van der Waals surface area contributed by atoms with Crippen LogP contribution in [0.1, 0.15) is 40.5 Å². The van der Waals surface area contributed by atoms with Crippen molar-refractivity contribution in [2.24, 2.45) is 5.41 Å². The Kier molecular flexibility index (Phi) is 3.04. The largest absolute Gasteiger partial charge is 0.370 e. The molecule has 0 aromatic heterocycles. The number of rotatable bonds is 3. The van der Waals surface area contributed by atoms with Crippen LogP contribution in [0.3, 0.4) is 0 Å². The summed E-state index contributed by atoms with van der Waals surface area (Å²) < 4.78 is 0. The second kappa shape index (κ2) is 4.06. The van der Waals surface area contributed by atoms with E-state index in [-0.39, 0.29) is 0 Å². The summed E-state index contributed by atoms with van der Waals surface area (Å²) in [5, 5.41) is 0. The van der Waals surface area contributed by atoms with E-state index >= 15 is 0 Å². The molecule has 1 atom stereocenters. The molecule has 2 rings (SSSR count). The summed E-state index contributed by atoms with van der Waals surface area (Å²) in [5.74, 6) is 0. The first-order valence-corrected chi connectivity index (χ1v) is 6.64. The average molecular weight is 222 g/mol. The highest BCUT2D eigenvalue weighted by molar-refractivity contribution is 5.17. The van der Waals surface area contributed by atoms with Gasteiger partial charge in [0, 0.05) is 42.8 Å². The van der Waals surface area contributed by atoms with E-state index in [0.29, 0.717) is 17.5 Å². The maximum atomic E-state index is 4.34. The molecule has 0 unspecified atom stereocenters. The molecular formula is C14H26N2. The fraction of sp³-hybridized carbons (Fsp3) is 0.857. The molecule has 1 saturated heterocycles. The molecule has 0 spiro atoms. The van der Waals surface area contributed by atoms with Crippen LogP contribution >= 0.6 is 0 Å². The van der Waals surface area contributed by atoms with Crippen molar-refractivity contribution in [3.63, 3.8) is 0 Å². The standard InChI is InChI=1S/C14H26N2/c1-11(2)15-8-9-16(12(3)10-15)13(4)14(5)6-7-14/h11-12H,4,6-10H2,1-3,5H3/t12-/m1/s1. The number of piperazine rings is 1. The van der Waals surface area contributed by atoms with Gasteiger partial charge in [-0.05, 0) is 33.6 Å². The lowest BCUT2D eigenvalue weighted by molar-refractivity contribution is 0.0796. The van der Waals surface area contributed by atoms with Gasteiger partial charge in [-0.15, -0.1) is 0 Å². The first-order valence-electron chi connectivity index (χ1n) is 6.64. The van der Waals surface area contributed by atoms with Crippen molar-refractivity contribution in [1.29, 1.82) is 0 Å². The Hall–Kier alpha value is -0.500. The molecule has 92 valence electrons. The Morgan fingerprint density at radius 3 is 2.38 bits per heavy atom. The fourth-order valence-electron chi connectivity index (χ4n) is 2.68. The van der Waals surface area contributed by atoms with Gasteiger partial charge in [-0.2, -0.15) is 0 Å². The minimum absolute atomic E-state index is 0.439. The lowest BCUT2D eigenvalue weighted by Gasteiger charge is -2.45.